The van der Waals surface area contributed by atoms with E-state index in [1.54, 1.807) is 36.9 Å². The highest BCUT2D eigenvalue weighted by atomic mass is 32.2. The van der Waals surface area contributed by atoms with Crippen LogP contribution in [0.5, 0.6) is 0 Å². The maximum atomic E-state index is 12.7. The summed E-state index contributed by atoms with van der Waals surface area (Å²) in [6.45, 7) is 4.35. The standard InChI is InChI=1S/C20H23N5O3S2/c1-3-24(4-2)30(27,28)18-12-8-9-16(13-18)22-19(26)14-29-20-23-21-15-25(20)17-10-6-5-7-11-17/h5-13,15H,3-4,14H2,1-2H3,(H,22,26). The van der Waals surface area contributed by atoms with Crippen LogP contribution in [0.2, 0.25) is 0 Å². The van der Waals surface area contributed by atoms with Gasteiger partial charge in [0.1, 0.15) is 6.33 Å². The number of anilines is 1. The number of rotatable bonds is 9. The number of nitrogens with zero attached hydrogens (tertiary/aromatic N) is 4. The van der Waals surface area contributed by atoms with Crippen molar-refractivity contribution in [3.63, 3.8) is 0 Å². The molecule has 0 aliphatic carbocycles. The van der Waals surface area contributed by atoms with Crippen molar-refractivity contribution in [1.29, 1.82) is 0 Å². The van der Waals surface area contributed by atoms with Gasteiger partial charge in [0.15, 0.2) is 5.16 Å². The normalized spacial score (nSPS) is 11.6. The van der Waals surface area contributed by atoms with Gasteiger partial charge in [0.2, 0.25) is 15.9 Å². The fraction of sp³-hybridized carbons (Fsp3) is 0.250. The van der Waals surface area contributed by atoms with Gasteiger partial charge >= 0.3 is 0 Å². The summed E-state index contributed by atoms with van der Waals surface area (Å²) in [6.07, 6.45) is 1.59. The van der Waals surface area contributed by atoms with Crippen molar-refractivity contribution in [2.75, 3.05) is 24.2 Å². The summed E-state index contributed by atoms with van der Waals surface area (Å²) < 4.78 is 28.5. The molecule has 0 fully saturated rings. The second kappa shape index (κ2) is 9.88. The molecule has 0 bridgehead atoms. The van der Waals surface area contributed by atoms with Crippen LogP contribution in [-0.2, 0) is 14.8 Å². The topological polar surface area (TPSA) is 97.2 Å². The molecule has 1 amide bonds. The molecule has 10 heteroatoms. The van der Waals surface area contributed by atoms with Gasteiger partial charge in [0, 0.05) is 24.5 Å². The highest BCUT2D eigenvalue weighted by molar-refractivity contribution is 7.99. The number of carbonyl (C=O) groups excluding carboxylic acids is 1. The molecule has 1 aromatic heterocycles. The summed E-state index contributed by atoms with van der Waals surface area (Å²) in [7, 11) is -3.59. The second-order valence-electron chi connectivity index (χ2n) is 6.27. The number of para-hydroxylation sites is 1. The summed E-state index contributed by atoms with van der Waals surface area (Å²) in [5.74, 6) is -0.154. The van der Waals surface area contributed by atoms with E-state index in [0.29, 0.717) is 23.9 Å². The highest BCUT2D eigenvalue weighted by Crippen LogP contribution is 2.22. The molecule has 0 saturated carbocycles. The molecule has 0 saturated heterocycles. The third-order valence-electron chi connectivity index (χ3n) is 4.34. The van der Waals surface area contributed by atoms with Gasteiger partial charge in [-0.15, -0.1) is 10.2 Å². The average molecular weight is 446 g/mol. The molecule has 0 atom stereocenters. The Bertz CT molecular complexity index is 1100. The monoisotopic (exact) mass is 445 g/mol. The molecular formula is C20H23N5O3S2. The van der Waals surface area contributed by atoms with Gasteiger partial charge in [-0.05, 0) is 30.3 Å². The van der Waals surface area contributed by atoms with Crippen molar-refractivity contribution in [2.45, 2.75) is 23.9 Å². The Morgan fingerprint density at radius 2 is 1.83 bits per heavy atom. The molecular weight excluding hydrogens is 422 g/mol. The van der Waals surface area contributed by atoms with Crippen LogP contribution in [0.1, 0.15) is 13.8 Å². The molecule has 0 spiro atoms. The Kier molecular flexibility index (Phi) is 7.24. The van der Waals surface area contributed by atoms with E-state index in [9.17, 15) is 13.2 Å². The molecule has 0 radical (unpaired) electrons. The van der Waals surface area contributed by atoms with Crippen molar-refractivity contribution < 1.29 is 13.2 Å². The van der Waals surface area contributed by atoms with Crippen LogP contribution < -0.4 is 5.32 Å². The number of sulfonamides is 1. The molecule has 8 nitrogen and oxygen atoms in total. The van der Waals surface area contributed by atoms with Crippen molar-refractivity contribution in [3.8, 4) is 5.69 Å². The molecule has 158 valence electrons. The van der Waals surface area contributed by atoms with Gasteiger partial charge in [0.05, 0.1) is 10.6 Å². The third-order valence-corrected chi connectivity index (χ3v) is 7.33. The van der Waals surface area contributed by atoms with Crippen LogP contribution in [0.4, 0.5) is 5.69 Å². The lowest BCUT2D eigenvalue weighted by Gasteiger charge is -2.18. The lowest BCUT2D eigenvalue weighted by molar-refractivity contribution is -0.113. The Labute approximate surface area is 180 Å². The molecule has 3 aromatic rings. The van der Waals surface area contributed by atoms with E-state index in [4.69, 9.17) is 0 Å². The lowest BCUT2D eigenvalue weighted by Crippen LogP contribution is -2.30. The summed E-state index contributed by atoms with van der Waals surface area (Å²) >= 11 is 1.25. The van der Waals surface area contributed by atoms with Gasteiger partial charge in [-0.25, -0.2) is 8.42 Å². The minimum Gasteiger partial charge on any atom is -0.325 e. The second-order valence-corrected chi connectivity index (χ2v) is 9.15. The number of carbonyl (C=O) groups is 1. The van der Waals surface area contributed by atoms with Gasteiger partial charge in [-0.1, -0.05) is 49.9 Å². The van der Waals surface area contributed by atoms with Crippen LogP contribution >= 0.6 is 11.8 Å². The molecule has 0 aliphatic rings. The fourth-order valence-electron chi connectivity index (χ4n) is 2.86. The zero-order valence-corrected chi connectivity index (χ0v) is 18.4. The zero-order valence-electron chi connectivity index (χ0n) is 16.7. The van der Waals surface area contributed by atoms with Crippen molar-refractivity contribution >= 4 is 33.4 Å². The number of amides is 1. The summed E-state index contributed by atoms with van der Waals surface area (Å²) in [4.78, 5) is 12.6. The first kappa shape index (κ1) is 22.0. The molecule has 1 N–H and O–H groups in total. The lowest BCUT2D eigenvalue weighted by atomic mass is 10.3. The molecule has 1 heterocycles. The number of hydrogen-bond acceptors (Lipinski definition) is 6. The van der Waals surface area contributed by atoms with E-state index >= 15 is 0 Å². The van der Waals surface area contributed by atoms with Crippen molar-refractivity contribution in [1.82, 2.24) is 19.1 Å². The Morgan fingerprint density at radius 1 is 1.10 bits per heavy atom. The maximum Gasteiger partial charge on any atom is 0.243 e. The smallest absolute Gasteiger partial charge is 0.243 e. The molecule has 3 rings (SSSR count). The molecule has 0 aliphatic heterocycles. The van der Waals surface area contributed by atoms with E-state index in [-0.39, 0.29) is 16.6 Å². The van der Waals surface area contributed by atoms with Crippen molar-refractivity contribution in [2.24, 2.45) is 0 Å². The SMILES string of the molecule is CCN(CC)S(=O)(=O)c1cccc(NC(=O)CSc2nncn2-c2ccccc2)c1. The van der Waals surface area contributed by atoms with Gasteiger partial charge in [0.25, 0.3) is 0 Å². The minimum absolute atomic E-state index is 0.110. The van der Waals surface area contributed by atoms with Gasteiger partial charge < -0.3 is 5.32 Å². The van der Waals surface area contributed by atoms with Crippen molar-refractivity contribution in [3.05, 3.63) is 60.9 Å². The van der Waals surface area contributed by atoms with Crippen LogP contribution in [-0.4, -0.2) is 52.2 Å². The first-order chi connectivity index (χ1) is 14.5. The summed E-state index contributed by atoms with van der Waals surface area (Å²) in [6, 6.07) is 15.9. The first-order valence-electron chi connectivity index (χ1n) is 9.44. The average Bonchev–Trinajstić information content (AvgIpc) is 3.22. The quantitative estimate of drug-likeness (QED) is 0.509. The number of benzene rings is 2. The van der Waals surface area contributed by atoms with Crippen LogP contribution in [0.3, 0.4) is 0 Å². The predicted molar refractivity (Wildman–Crippen MR) is 117 cm³/mol. The van der Waals surface area contributed by atoms with E-state index < -0.39 is 10.0 Å². The van der Waals surface area contributed by atoms with E-state index in [2.05, 4.69) is 15.5 Å². The number of hydrogen-bond donors (Lipinski definition) is 1. The third kappa shape index (κ3) is 5.07. The Hall–Kier alpha value is -2.69. The van der Waals surface area contributed by atoms with Gasteiger partial charge in [-0.2, -0.15) is 4.31 Å². The Balaban J connectivity index is 1.66. The Morgan fingerprint density at radius 3 is 2.53 bits per heavy atom. The predicted octanol–water partition coefficient (Wildman–Crippen LogP) is 3.03. The van der Waals surface area contributed by atoms with Crippen LogP contribution in [0, 0.1) is 0 Å². The summed E-state index contributed by atoms with van der Waals surface area (Å²) in [5.41, 5.74) is 1.33. The van der Waals surface area contributed by atoms with E-state index in [0.717, 1.165) is 5.69 Å². The first-order valence-corrected chi connectivity index (χ1v) is 11.9. The van der Waals surface area contributed by atoms with Crippen LogP contribution in [0.15, 0.2) is 71.0 Å². The van der Waals surface area contributed by atoms with E-state index in [1.165, 1.54) is 28.2 Å². The number of thioether (sulfide) groups is 1. The summed E-state index contributed by atoms with van der Waals surface area (Å²) in [5, 5.41) is 11.3. The zero-order chi connectivity index (χ0) is 21.6. The fourth-order valence-corrected chi connectivity index (χ4v) is 5.10. The maximum absolute atomic E-state index is 12.7. The number of aromatic nitrogens is 3. The largest absolute Gasteiger partial charge is 0.325 e. The van der Waals surface area contributed by atoms with Crippen LogP contribution in [0.25, 0.3) is 5.69 Å². The van der Waals surface area contributed by atoms with Gasteiger partial charge in [-0.3, -0.25) is 9.36 Å². The van der Waals surface area contributed by atoms with E-state index in [1.807, 2.05) is 30.3 Å². The molecule has 30 heavy (non-hydrogen) atoms. The highest BCUT2D eigenvalue weighted by Gasteiger charge is 2.22. The number of nitrogens with one attached hydrogen (secondary N) is 1. The molecule has 0 unspecified atom stereocenters. The minimum atomic E-state index is -3.59. The molecule has 2 aromatic carbocycles.